The molecule has 218 valence electrons. The van der Waals surface area contributed by atoms with Crippen LogP contribution in [0.2, 0.25) is 5.02 Å². The number of hydrogen-bond donors (Lipinski definition) is 1. The van der Waals surface area contributed by atoms with Crippen molar-refractivity contribution in [1.82, 2.24) is 29.8 Å². The van der Waals surface area contributed by atoms with Crippen molar-refractivity contribution >= 4 is 34.2 Å². The van der Waals surface area contributed by atoms with Gasteiger partial charge in [0.2, 0.25) is 0 Å². The second-order valence-corrected chi connectivity index (χ2v) is 9.23. The third kappa shape index (κ3) is 5.13. The fourth-order valence-corrected chi connectivity index (χ4v) is 4.27. The predicted molar refractivity (Wildman–Crippen MR) is 133 cm³/mol. The van der Waals surface area contributed by atoms with E-state index in [2.05, 4.69) is 25.7 Å². The zero-order valence-electron chi connectivity index (χ0n) is 20.8. The molecule has 1 amide bonds. The van der Waals surface area contributed by atoms with Crippen molar-refractivity contribution in [2.24, 2.45) is 7.05 Å². The van der Waals surface area contributed by atoms with Gasteiger partial charge in [0, 0.05) is 18.0 Å². The molecule has 0 aliphatic heterocycles. The van der Waals surface area contributed by atoms with E-state index in [1.807, 2.05) is 12.1 Å². The number of fused-ring (bicyclic) bond motifs is 1. The van der Waals surface area contributed by atoms with Crippen LogP contribution in [0.3, 0.4) is 0 Å². The molecule has 3 heterocycles. The van der Waals surface area contributed by atoms with Crippen LogP contribution >= 0.6 is 11.6 Å². The summed E-state index contributed by atoms with van der Waals surface area (Å²) < 4.78 is 109. The Morgan fingerprint density at radius 2 is 1.67 bits per heavy atom. The number of carbonyl (C=O) groups is 1. The normalized spacial score (nSPS) is 12.6. The smallest absolute Gasteiger partial charge is 0.306 e. The summed E-state index contributed by atoms with van der Waals surface area (Å²) in [6, 6.07) is 14.3. The Bertz CT molecular complexity index is 1830. The molecule has 17 heteroatoms. The minimum Gasteiger partial charge on any atom is -0.306 e. The van der Waals surface area contributed by atoms with E-state index in [4.69, 9.17) is 11.6 Å². The van der Waals surface area contributed by atoms with Crippen LogP contribution in [0.4, 0.5) is 40.9 Å². The molecule has 0 aliphatic rings. The van der Waals surface area contributed by atoms with Gasteiger partial charge in [0.15, 0.2) is 11.5 Å². The van der Waals surface area contributed by atoms with E-state index in [0.29, 0.717) is 10.2 Å². The summed E-state index contributed by atoms with van der Waals surface area (Å²) in [5, 5.41) is 13.4. The largest absolute Gasteiger partial charge is 0.459 e. The maximum absolute atomic E-state index is 14.0. The maximum atomic E-state index is 14.0. The van der Waals surface area contributed by atoms with Gasteiger partial charge in [0.05, 0.1) is 22.3 Å². The number of benzene rings is 2. The van der Waals surface area contributed by atoms with E-state index in [-0.39, 0.29) is 32.3 Å². The molecule has 0 fully saturated rings. The van der Waals surface area contributed by atoms with Crippen LogP contribution in [-0.2, 0) is 19.1 Å². The van der Waals surface area contributed by atoms with Gasteiger partial charge in [-0.2, -0.15) is 40.2 Å². The van der Waals surface area contributed by atoms with Gasteiger partial charge in [-0.25, -0.2) is 14.3 Å². The van der Waals surface area contributed by atoms with Crippen molar-refractivity contribution in [2.45, 2.75) is 18.3 Å². The number of nitrogens with one attached hydrogen (secondary N) is 1. The molecule has 5 rings (SSSR count). The lowest BCUT2D eigenvalue weighted by Crippen LogP contribution is -2.36. The molecule has 1 N–H and O–H groups in total. The van der Waals surface area contributed by atoms with Gasteiger partial charge in [0.25, 0.3) is 5.91 Å². The number of carbonyl (C=O) groups excluding carboxylic acids is 1. The number of rotatable bonds is 5. The number of halogens is 9. The van der Waals surface area contributed by atoms with Crippen LogP contribution < -0.4 is 5.32 Å². The highest BCUT2D eigenvalue weighted by molar-refractivity contribution is 6.34. The highest BCUT2D eigenvalue weighted by Gasteiger charge is 2.64. The lowest BCUT2D eigenvalue weighted by atomic mass is 10.1. The van der Waals surface area contributed by atoms with Crippen LogP contribution in [0.25, 0.3) is 28.0 Å². The molecule has 0 radical (unpaired) electrons. The quantitative estimate of drug-likeness (QED) is 0.220. The van der Waals surface area contributed by atoms with Crippen molar-refractivity contribution in [3.8, 4) is 17.1 Å². The third-order valence-electron chi connectivity index (χ3n) is 6.01. The minimum absolute atomic E-state index is 0.00514. The van der Waals surface area contributed by atoms with Gasteiger partial charge >= 0.3 is 18.3 Å². The van der Waals surface area contributed by atoms with Crippen LogP contribution in [0, 0.1) is 0 Å². The standard InChI is InChI=1S/C25H14ClF8N7O/c1-40-22(19(24(29,30)31)20(38-40)23(27,28)25(32,33)34)41-11-17(37-39-41)13-6-8-15(26)14(10-13)21(42)36-18-9-7-12-4-2-3-5-16(12)35-18/h2-11H,1H3,(H,35,36,42). The highest BCUT2D eigenvalue weighted by Crippen LogP contribution is 2.49. The molecule has 5 aromatic rings. The average molecular weight is 616 g/mol. The van der Waals surface area contributed by atoms with Gasteiger partial charge in [-0.15, -0.1) is 5.10 Å². The summed E-state index contributed by atoms with van der Waals surface area (Å²) in [5.41, 5.74) is -4.41. The summed E-state index contributed by atoms with van der Waals surface area (Å²) in [6.45, 7) is 0. The number of anilines is 1. The fraction of sp³-hybridized carbons (Fsp3) is 0.160. The number of aromatic nitrogens is 6. The van der Waals surface area contributed by atoms with Crippen LogP contribution in [0.15, 0.2) is 60.8 Å². The molecule has 0 bridgehead atoms. The van der Waals surface area contributed by atoms with E-state index < -0.39 is 41.3 Å². The minimum atomic E-state index is -6.35. The van der Waals surface area contributed by atoms with E-state index in [1.54, 1.807) is 24.3 Å². The Morgan fingerprint density at radius 3 is 2.36 bits per heavy atom. The Labute approximate surface area is 234 Å². The summed E-state index contributed by atoms with van der Waals surface area (Å²) >= 11 is 6.19. The first-order chi connectivity index (χ1) is 19.6. The molecule has 8 nitrogen and oxygen atoms in total. The van der Waals surface area contributed by atoms with E-state index in [1.165, 1.54) is 18.2 Å². The van der Waals surface area contributed by atoms with E-state index in [0.717, 1.165) is 18.6 Å². The Kier molecular flexibility index (Phi) is 6.91. The molecule has 3 aromatic heterocycles. The number of alkyl halides is 8. The second-order valence-electron chi connectivity index (χ2n) is 8.83. The number of para-hydroxylation sites is 1. The van der Waals surface area contributed by atoms with Crippen molar-refractivity contribution < 1.29 is 39.9 Å². The number of aryl methyl sites for hydroxylation is 1. The SMILES string of the molecule is Cn1nc(C(F)(F)C(F)(F)F)c(C(F)(F)F)c1-n1cc(-c2ccc(Cl)c(C(=O)Nc3ccc4ccccc4n3)c2)nn1. The van der Waals surface area contributed by atoms with Crippen molar-refractivity contribution in [3.63, 3.8) is 0 Å². The second kappa shape index (κ2) is 10.0. The van der Waals surface area contributed by atoms with E-state index >= 15 is 0 Å². The average Bonchev–Trinajstić information content (AvgIpc) is 3.53. The van der Waals surface area contributed by atoms with Gasteiger partial charge in [0.1, 0.15) is 17.1 Å². The first kappa shape index (κ1) is 28.9. The number of nitrogens with zero attached hydrogens (tertiary/aromatic N) is 6. The maximum Gasteiger partial charge on any atom is 0.459 e. The summed E-state index contributed by atoms with van der Waals surface area (Å²) in [6.07, 6.45) is -11.2. The first-order valence-electron chi connectivity index (χ1n) is 11.6. The lowest BCUT2D eigenvalue weighted by Gasteiger charge is -2.19. The number of hydrogen-bond acceptors (Lipinski definition) is 5. The zero-order valence-corrected chi connectivity index (χ0v) is 21.5. The lowest BCUT2D eigenvalue weighted by molar-refractivity contribution is -0.292. The van der Waals surface area contributed by atoms with Crippen LogP contribution in [0.5, 0.6) is 0 Å². The van der Waals surface area contributed by atoms with Crippen LogP contribution in [-0.4, -0.2) is 41.8 Å². The Hall–Kier alpha value is -4.60. The molecular weight excluding hydrogens is 602 g/mol. The molecule has 0 spiro atoms. The molecule has 0 saturated carbocycles. The number of pyridine rings is 1. The van der Waals surface area contributed by atoms with Gasteiger partial charge in [-0.3, -0.25) is 4.79 Å². The highest BCUT2D eigenvalue weighted by atomic mass is 35.5. The van der Waals surface area contributed by atoms with Crippen molar-refractivity contribution in [2.75, 3.05) is 5.32 Å². The fourth-order valence-electron chi connectivity index (χ4n) is 4.07. The van der Waals surface area contributed by atoms with Crippen molar-refractivity contribution in [3.05, 3.63) is 82.6 Å². The Balaban J connectivity index is 1.50. The number of amides is 1. The molecule has 42 heavy (non-hydrogen) atoms. The molecule has 0 atom stereocenters. The van der Waals surface area contributed by atoms with E-state index in [9.17, 15) is 39.9 Å². The van der Waals surface area contributed by atoms with Gasteiger partial charge in [-0.05, 0) is 30.3 Å². The first-order valence-corrected chi connectivity index (χ1v) is 11.9. The van der Waals surface area contributed by atoms with Gasteiger partial charge < -0.3 is 5.32 Å². The summed E-state index contributed by atoms with van der Waals surface area (Å²) in [5.74, 6) is -7.65. The zero-order chi connectivity index (χ0) is 30.6. The summed E-state index contributed by atoms with van der Waals surface area (Å²) in [4.78, 5) is 17.3. The van der Waals surface area contributed by atoms with Crippen LogP contribution in [0.1, 0.15) is 21.6 Å². The molecule has 0 unspecified atom stereocenters. The molecular formula is C25H14ClF8N7O. The third-order valence-corrected chi connectivity index (χ3v) is 6.34. The predicted octanol–water partition coefficient (Wildman–Crippen LogP) is 6.79. The monoisotopic (exact) mass is 615 g/mol. The summed E-state index contributed by atoms with van der Waals surface area (Å²) in [7, 11) is 0.743. The molecule has 0 saturated heterocycles. The van der Waals surface area contributed by atoms with Crippen molar-refractivity contribution in [1.29, 1.82) is 0 Å². The molecule has 2 aromatic carbocycles. The van der Waals surface area contributed by atoms with Gasteiger partial charge in [-0.1, -0.05) is 41.1 Å². The topological polar surface area (TPSA) is 90.5 Å². The molecule has 0 aliphatic carbocycles. The Morgan fingerprint density at radius 1 is 0.952 bits per heavy atom.